The zero-order valence-corrected chi connectivity index (χ0v) is 12.0. The molecule has 1 saturated heterocycles. The van der Waals surface area contributed by atoms with Crippen LogP contribution in [0.15, 0.2) is 54.6 Å². The first-order chi connectivity index (χ1) is 10.4. The summed E-state index contributed by atoms with van der Waals surface area (Å²) in [7, 11) is 0. The average Bonchev–Trinajstić information content (AvgIpc) is 2.56. The van der Waals surface area contributed by atoms with Gasteiger partial charge in [-0.05, 0) is 24.1 Å². The van der Waals surface area contributed by atoms with E-state index in [0.717, 1.165) is 37.3 Å². The van der Waals surface area contributed by atoms with E-state index in [1.165, 1.54) is 5.56 Å². The quantitative estimate of drug-likeness (QED) is 0.937. The Morgan fingerprint density at radius 3 is 2.67 bits per heavy atom. The van der Waals surface area contributed by atoms with Crippen LogP contribution in [-0.4, -0.2) is 25.7 Å². The number of hydrogen-bond acceptors (Lipinski definition) is 3. The third-order valence-corrected chi connectivity index (χ3v) is 3.95. The van der Waals surface area contributed by atoms with E-state index in [2.05, 4.69) is 40.6 Å². The number of nitrogens with one attached hydrogen (secondary N) is 1. The van der Waals surface area contributed by atoms with Crippen LogP contribution in [0.4, 0.5) is 5.69 Å². The van der Waals surface area contributed by atoms with Crippen molar-refractivity contribution in [1.29, 1.82) is 5.26 Å². The number of benzene rings is 2. The monoisotopic (exact) mass is 277 g/mol. The van der Waals surface area contributed by atoms with Crippen molar-refractivity contribution in [3.63, 3.8) is 0 Å². The van der Waals surface area contributed by atoms with Crippen molar-refractivity contribution in [2.45, 2.75) is 12.5 Å². The second-order valence-electron chi connectivity index (χ2n) is 5.42. The SMILES string of the molecule is N#Cc1ccccc1N1CCNC(Cc2ccccc2)C1. The molecular weight excluding hydrogens is 258 g/mol. The molecule has 0 bridgehead atoms. The summed E-state index contributed by atoms with van der Waals surface area (Å²) in [6, 6.07) is 21.1. The molecule has 0 aromatic heterocycles. The topological polar surface area (TPSA) is 39.1 Å². The van der Waals surface area contributed by atoms with Crippen LogP contribution in [0.2, 0.25) is 0 Å². The zero-order chi connectivity index (χ0) is 14.5. The highest BCUT2D eigenvalue weighted by molar-refractivity contribution is 5.59. The van der Waals surface area contributed by atoms with Crippen molar-refractivity contribution in [3.05, 3.63) is 65.7 Å². The van der Waals surface area contributed by atoms with E-state index in [9.17, 15) is 5.26 Å². The fourth-order valence-corrected chi connectivity index (χ4v) is 2.92. The number of nitrogens with zero attached hydrogens (tertiary/aromatic N) is 2. The van der Waals surface area contributed by atoms with Crippen molar-refractivity contribution in [3.8, 4) is 6.07 Å². The third kappa shape index (κ3) is 3.24. The lowest BCUT2D eigenvalue weighted by molar-refractivity contribution is 0.454. The van der Waals surface area contributed by atoms with Gasteiger partial charge in [-0.1, -0.05) is 42.5 Å². The molecule has 1 atom stereocenters. The number of piperazine rings is 1. The van der Waals surface area contributed by atoms with Gasteiger partial charge in [0, 0.05) is 25.7 Å². The minimum Gasteiger partial charge on any atom is -0.368 e. The smallest absolute Gasteiger partial charge is 0.101 e. The predicted octanol–water partition coefficient (Wildman–Crippen LogP) is 2.58. The number of para-hydroxylation sites is 1. The number of anilines is 1. The minimum atomic E-state index is 0.424. The van der Waals surface area contributed by atoms with E-state index in [-0.39, 0.29) is 0 Å². The third-order valence-electron chi connectivity index (χ3n) is 3.95. The molecule has 1 N–H and O–H groups in total. The molecule has 21 heavy (non-hydrogen) atoms. The Morgan fingerprint density at radius 2 is 1.86 bits per heavy atom. The first-order valence-electron chi connectivity index (χ1n) is 7.38. The van der Waals surface area contributed by atoms with Crippen LogP contribution in [0.3, 0.4) is 0 Å². The highest BCUT2D eigenvalue weighted by Crippen LogP contribution is 2.21. The van der Waals surface area contributed by atoms with Crippen LogP contribution in [0.5, 0.6) is 0 Å². The molecule has 1 aliphatic heterocycles. The Kier molecular flexibility index (Phi) is 4.18. The first-order valence-corrected chi connectivity index (χ1v) is 7.38. The molecule has 3 heteroatoms. The van der Waals surface area contributed by atoms with Crippen molar-refractivity contribution in [1.82, 2.24) is 5.32 Å². The normalized spacial score (nSPS) is 18.2. The molecule has 106 valence electrons. The van der Waals surface area contributed by atoms with Crippen LogP contribution >= 0.6 is 0 Å². The minimum absolute atomic E-state index is 0.424. The molecular formula is C18H19N3. The lowest BCUT2D eigenvalue weighted by Gasteiger charge is -2.35. The Balaban J connectivity index is 1.73. The number of nitriles is 1. The van der Waals surface area contributed by atoms with Crippen molar-refractivity contribution in [2.24, 2.45) is 0 Å². The van der Waals surface area contributed by atoms with Gasteiger partial charge in [-0.25, -0.2) is 0 Å². The van der Waals surface area contributed by atoms with Gasteiger partial charge >= 0.3 is 0 Å². The van der Waals surface area contributed by atoms with Gasteiger partial charge in [-0.3, -0.25) is 0 Å². The summed E-state index contributed by atoms with van der Waals surface area (Å²) in [5.41, 5.74) is 3.17. The van der Waals surface area contributed by atoms with Crippen molar-refractivity contribution >= 4 is 5.69 Å². The molecule has 1 aliphatic rings. The largest absolute Gasteiger partial charge is 0.368 e. The highest BCUT2D eigenvalue weighted by Gasteiger charge is 2.21. The van der Waals surface area contributed by atoms with Crippen LogP contribution in [0.1, 0.15) is 11.1 Å². The second-order valence-corrected chi connectivity index (χ2v) is 5.42. The van der Waals surface area contributed by atoms with Crippen LogP contribution < -0.4 is 10.2 Å². The maximum absolute atomic E-state index is 9.26. The van der Waals surface area contributed by atoms with Gasteiger partial charge < -0.3 is 10.2 Å². The summed E-state index contributed by atoms with van der Waals surface area (Å²) in [5.74, 6) is 0. The summed E-state index contributed by atoms with van der Waals surface area (Å²) >= 11 is 0. The van der Waals surface area contributed by atoms with Crippen molar-refractivity contribution in [2.75, 3.05) is 24.5 Å². The van der Waals surface area contributed by atoms with Gasteiger partial charge in [-0.2, -0.15) is 5.26 Å². The second kappa shape index (κ2) is 6.43. The van der Waals surface area contributed by atoms with E-state index < -0.39 is 0 Å². The maximum atomic E-state index is 9.26. The molecule has 2 aromatic rings. The van der Waals surface area contributed by atoms with Crippen LogP contribution in [0.25, 0.3) is 0 Å². The Labute approximate surface area is 125 Å². The van der Waals surface area contributed by atoms with Crippen molar-refractivity contribution < 1.29 is 0 Å². The average molecular weight is 277 g/mol. The molecule has 1 fully saturated rings. The Bertz CT molecular complexity index is 630. The Morgan fingerprint density at radius 1 is 1.10 bits per heavy atom. The zero-order valence-electron chi connectivity index (χ0n) is 12.0. The molecule has 0 spiro atoms. The van der Waals surface area contributed by atoms with E-state index in [1.807, 2.05) is 30.3 Å². The summed E-state index contributed by atoms with van der Waals surface area (Å²) in [6.45, 7) is 2.84. The molecule has 0 aliphatic carbocycles. The fourth-order valence-electron chi connectivity index (χ4n) is 2.92. The lowest BCUT2D eigenvalue weighted by Crippen LogP contribution is -2.51. The standard InChI is InChI=1S/C18H19N3/c19-13-16-8-4-5-9-18(16)21-11-10-20-17(14-21)12-15-6-2-1-3-7-15/h1-9,17,20H,10-12,14H2. The molecule has 0 saturated carbocycles. The van der Waals surface area contributed by atoms with E-state index in [4.69, 9.17) is 0 Å². The predicted molar refractivity (Wildman–Crippen MR) is 85.3 cm³/mol. The molecule has 3 rings (SSSR count). The Hall–Kier alpha value is -2.31. The van der Waals surface area contributed by atoms with E-state index in [0.29, 0.717) is 6.04 Å². The highest BCUT2D eigenvalue weighted by atomic mass is 15.2. The fraction of sp³-hybridized carbons (Fsp3) is 0.278. The van der Waals surface area contributed by atoms with Crippen LogP contribution in [-0.2, 0) is 6.42 Å². The molecule has 2 aromatic carbocycles. The van der Waals surface area contributed by atoms with Gasteiger partial charge in [-0.15, -0.1) is 0 Å². The summed E-state index contributed by atoms with van der Waals surface area (Å²) in [5, 5.41) is 12.8. The lowest BCUT2D eigenvalue weighted by atomic mass is 10.0. The van der Waals surface area contributed by atoms with Gasteiger partial charge in [0.25, 0.3) is 0 Å². The summed E-state index contributed by atoms with van der Waals surface area (Å²) in [4.78, 5) is 2.32. The summed E-state index contributed by atoms with van der Waals surface area (Å²) in [6.07, 6.45) is 1.02. The molecule has 1 unspecified atom stereocenters. The molecule has 0 radical (unpaired) electrons. The number of hydrogen-bond donors (Lipinski definition) is 1. The number of rotatable bonds is 3. The molecule has 1 heterocycles. The maximum Gasteiger partial charge on any atom is 0.101 e. The summed E-state index contributed by atoms with van der Waals surface area (Å²) < 4.78 is 0. The van der Waals surface area contributed by atoms with Gasteiger partial charge in [0.1, 0.15) is 6.07 Å². The van der Waals surface area contributed by atoms with Gasteiger partial charge in [0.05, 0.1) is 11.3 Å². The van der Waals surface area contributed by atoms with Gasteiger partial charge in [0.15, 0.2) is 0 Å². The van der Waals surface area contributed by atoms with E-state index >= 15 is 0 Å². The van der Waals surface area contributed by atoms with Crippen LogP contribution in [0, 0.1) is 11.3 Å². The molecule has 0 amide bonds. The van der Waals surface area contributed by atoms with Gasteiger partial charge in [0.2, 0.25) is 0 Å². The first kappa shape index (κ1) is 13.7. The molecule has 3 nitrogen and oxygen atoms in total. The van der Waals surface area contributed by atoms with E-state index in [1.54, 1.807) is 0 Å².